The Balaban J connectivity index is 1.52. The molecule has 154 valence electrons. The maximum absolute atomic E-state index is 6.15. The lowest BCUT2D eigenvalue weighted by molar-refractivity contribution is 0.128. The Labute approximate surface area is 172 Å². The number of hydrogen-bond donors (Lipinski definition) is 3. The van der Waals surface area contributed by atoms with Gasteiger partial charge in [-0.1, -0.05) is 11.6 Å². The summed E-state index contributed by atoms with van der Waals surface area (Å²) in [5.41, 5.74) is 2.37. The topological polar surface area (TPSA) is 64.7 Å². The Hall–Kier alpha value is -1.76. The second-order valence-electron chi connectivity index (χ2n) is 7.27. The summed E-state index contributed by atoms with van der Waals surface area (Å²) < 4.78 is 5.18. The van der Waals surface area contributed by atoms with Crippen molar-refractivity contribution in [3.05, 3.63) is 35.0 Å². The van der Waals surface area contributed by atoms with Gasteiger partial charge >= 0.3 is 0 Å². The lowest BCUT2D eigenvalue weighted by Gasteiger charge is -2.32. The van der Waals surface area contributed by atoms with Crippen LogP contribution in [-0.4, -0.2) is 68.3 Å². The molecule has 1 aliphatic rings. The molecule has 0 radical (unpaired) electrons. The molecule has 0 amide bonds. The number of guanidine groups is 1. The van der Waals surface area contributed by atoms with Gasteiger partial charge in [0.1, 0.15) is 0 Å². The fraction of sp³-hybridized carbons (Fsp3) is 0.571. The minimum absolute atomic E-state index is 0.475. The van der Waals surface area contributed by atoms with Crippen LogP contribution in [-0.2, 0) is 11.2 Å². The standard InChI is InChI=1S/C21H32ClN5O/c1-3-23-21(26-18-7-10-27(11-8-18)12-13-28-2)24-9-6-16-15-25-20-5-4-17(22)14-19(16)20/h4-5,14-15,18,25H,3,6-13H2,1-2H3,(H2,23,24,26). The summed E-state index contributed by atoms with van der Waals surface area (Å²) in [5.74, 6) is 0.913. The summed E-state index contributed by atoms with van der Waals surface area (Å²) >= 11 is 6.15. The molecule has 1 saturated heterocycles. The number of benzene rings is 1. The number of hydrogen-bond acceptors (Lipinski definition) is 3. The van der Waals surface area contributed by atoms with Gasteiger partial charge < -0.3 is 25.3 Å². The molecule has 0 saturated carbocycles. The molecule has 1 aliphatic heterocycles. The van der Waals surface area contributed by atoms with Gasteiger partial charge in [-0.25, -0.2) is 0 Å². The molecule has 28 heavy (non-hydrogen) atoms. The molecular formula is C21H32ClN5O. The van der Waals surface area contributed by atoms with Crippen LogP contribution in [0.1, 0.15) is 25.3 Å². The van der Waals surface area contributed by atoms with E-state index in [1.165, 1.54) is 10.9 Å². The Morgan fingerprint density at radius 2 is 2.18 bits per heavy atom. The van der Waals surface area contributed by atoms with Crippen LogP contribution in [0.4, 0.5) is 0 Å². The lowest BCUT2D eigenvalue weighted by Crippen LogP contribution is -2.49. The Bertz CT molecular complexity index is 767. The van der Waals surface area contributed by atoms with Crippen molar-refractivity contribution in [2.75, 3.05) is 46.4 Å². The van der Waals surface area contributed by atoms with E-state index in [2.05, 4.69) is 33.6 Å². The maximum atomic E-state index is 6.15. The van der Waals surface area contributed by atoms with E-state index in [9.17, 15) is 0 Å². The number of fused-ring (bicyclic) bond motifs is 1. The van der Waals surface area contributed by atoms with Crippen LogP contribution in [0.25, 0.3) is 10.9 Å². The fourth-order valence-electron chi connectivity index (χ4n) is 3.68. The molecule has 0 aliphatic carbocycles. The molecule has 0 atom stereocenters. The average molecular weight is 406 g/mol. The van der Waals surface area contributed by atoms with E-state index in [1.807, 2.05) is 18.2 Å². The van der Waals surface area contributed by atoms with Crippen LogP contribution in [0.5, 0.6) is 0 Å². The van der Waals surface area contributed by atoms with E-state index in [0.29, 0.717) is 6.04 Å². The smallest absolute Gasteiger partial charge is 0.191 e. The Kier molecular flexibility index (Phi) is 8.01. The molecule has 1 aromatic carbocycles. The van der Waals surface area contributed by atoms with Crippen molar-refractivity contribution in [2.45, 2.75) is 32.2 Å². The minimum atomic E-state index is 0.475. The first kappa shape index (κ1) is 21.0. The number of halogens is 1. The number of methoxy groups -OCH3 is 1. The van der Waals surface area contributed by atoms with Gasteiger partial charge in [-0.05, 0) is 49.9 Å². The lowest BCUT2D eigenvalue weighted by atomic mass is 10.1. The second-order valence-corrected chi connectivity index (χ2v) is 7.70. The third-order valence-corrected chi connectivity index (χ3v) is 5.50. The summed E-state index contributed by atoms with van der Waals surface area (Å²) in [6.07, 6.45) is 5.21. The van der Waals surface area contributed by atoms with E-state index in [0.717, 1.165) is 75.1 Å². The van der Waals surface area contributed by atoms with Crippen molar-refractivity contribution in [3.8, 4) is 0 Å². The first-order chi connectivity index (χ1) is 13.7. The van der Waals surface area contributed by atoms with Gasteiger partial charge in [-0.15, -0.1) is 0 Å². The summed E-state index contributed by atoms with van der Waals surface area (Å²) in [6.45, 7) is 7.75. The summed E-state index contributed by atoms with van der Waals surface area (Å²) in [7, 11) is 1.76. The highest BCUT2D eigenvalue weighted by Crippen LogP contribution is 2.22. The molecule has 0 unspecified atom stereocenters. The third kappa shape index (κ3) is 5.87. The quantitative estimate of drug-likeness (QED) is 0.466. The van der Waals surface area contributed by atoms with Crippen molar-refractivity contribution >= 4 is 28.5 Å². The van der Waals surface area contributed by atoms with E-state index in [1.54, 1.807) is 7.11 Å². The first-order valence-corrected chi connectivity index (χ1v) is 10.6. The number of aliphatic imine (C=N–C) groups is 1. The van der Waals surface area contributed by atoms with Crippen molar-refractivity contribution in [1.82, 2.24) is 20.5 Å². The summed E-state index contributed by atoms with van der Waals surface area (Å²) in [4.78, 5) is 10.6. The van der Waals surface area contributed by atoms with Crippen molar-refractivity contribution in [3.63, 3.8) is 0 Å². The number of aromatic nitrogens is 1. The SMILES string of the molecule is CCNC(=NCCc1c[nH]c2ccc(Cl)cc12)NC1CCN(CCOC)CC1. The highest BCUT2D eigenvalue weighted by Gasteiger charge is 2.19. The Morgan fingerprint density at radius 1 is 1.36 bits per heavy atom. The molecule has 3 N–H and O–H groups in total. The van der Waals surface area contributed by atoms with E-state index >= 15 is 0 Å². The average Bonchev–Trinajstić information content (AvgIpc) is 3.09. The number of nitrogens with zero attached hydrogens (tertiary/aromatic N) is 2. The van der Waals surface area contributed by atoms with Gasteiger partial charge in [0.05, 0.1) is 6.61 Å². The molecule has 1 fully saturated rings. The number of nitrogens with one attached hydrogen (secondary N) is 3. The van der Waals surface area contributed by atoms with Crippen molar-refractivity contribution < 1.29 is 4.74 Å². The van der Waals surface area contributed by atoms with Gasteiger partial charge in [-0.2, -0.15) is 0 Å². The van der Waals surface area contributed by atoms with Crippen LogP contribution in [0.2, 0.25) is 5.02 Å². The van der Waals surface area contributed by atoms with Crippen molar-refractivity contribution in [2.24, 2.45) is 4.99 Å². The molecule has 0 spiro atoms. The molecule has 6 nitrogen and oxygen atoms in total. The maximum Gasteiger partial charge on any atom is 0.191 e. The molecule has 1 aromatic heterocycles. The van der Waals surface area contributed by atoms with E-state index < -0.39 is 0 Å². The highest BCUT2D eigenvalue weighted by molar-refractivity contribution is 6.31. The van der Waals surface area contributed by atoms with Gasteiger partial charge in [0.25, 0.3) is 0 Å². The Morgan fingerprint density at radius 3 is 2.93 bits per heavy atom. The third-order valence-electron chi connectivity index (χ3n) is 5.26. The van der Waals surface area contributed by atoms with Gasteiger partial charge in [0, 0.05) is 68.0 Å². The molecule has 2 heterocycles. The molecule has 2 aromatic rings. The fourth-order valence-corrected chi connectivity index (χ4v) is 3.85. The zero-order valence-corrected chi connectivity index (χ0v) is 17.7. The van der Waals surface area contributed by atoms with Crippen LogP contribution in [0.3, 0.4) is 0 Å². The van der Waals surface area contributed by atoms with Crippen LogP contribution in [0, 0.1) is 0 Å². The second kappa shape index (κ2) is 10.7. The number of piperidine rings is 1. The predicted octanol–water partition coefficient (Wildman–Crippen LogP) is 3.03. The first-order valence-electron chi connectivity index (χ1n) is 10.2. The zero-order valence-electron chi connectivity index (χ0n) is 16.9. The van der Waals surface area contributed by atoms with Gasteiger partial charge in [-0.3, -0.25) is 4.99 Å². The van der Waals surface area contributed by atoms with Crippen molar-refractivity contribution in [1.29, 1.82) is 0 Å². The molecule has 0 bridgehead atoms. The molecule has 3 rings (SSSR count). The van der Waals surface area contributed by atoms with Crippen LogP contribution < -0.4 is 10.6 Å². The number of ether oxygens (including phenoxy) is 1. The van der Waals surface area contributed by atoms with Crippen LogP contribution >= 0.6 is 11.6 Å². The van der Waals surface area contributed by atoms with E-state index in [4.69, 9.17) is 21.3 Å². The number of likely N-dealkylation sites (tertiary alicyclic amines) is 1. The largest absolute Gasteiger partial charge is 0.383 e. The monoisotopic (exact) mass is 405 g/mol. The minimum Gasteiger partial charge on any atom is -0.383 e. The highest BCUT2D eigenvalue weighted by atomic mass is 35.5. The molecule has 7 heteroatoms. The summed E-state index contributed by atoms with van der Waals surface area (Å²) in [5, 5.41) is 8.94. The molecular weight excluding hydrogens is 374 g/mol. The predicted molar refractivity (Wildman–Crippen MR) is 117 cm³/mol. The number of aromatic amines is 1. The number of H-pyrrole nitrogens is 1. The van der Waals surface area contributed by atoms with E-state index in [-0.39, 0.29) is 0 Å². The van der Waals surface area contributed by atoms with Crippen LogP contribution in [0.15, 0.2) is 29.4 Å². The zero-order chi connectivity index (χ0) is 19.8. The normalized spacial score (nSPS) is 16.6. The number of rotatable bonds is 8. The summed E-state index contributed by atoms with van der Waals surface area (Å²) in [6, 6.07) is 6.43. The van der Waals surface area contributed by atoms with Gasteiger partial charge in [0.2, 0.25) is 0 Å². The van der Waals surface area contributed by atoms with Gasteiger partial charge in [0.15, 0.2) is 5.96 Å².